The highest BCUT2D eigenvalue weighted by Crippen LogP contribution is 2.13. The number of aromatic nitrogens is 3. The highest BCUT2D eigenvalue weighted by atomic mass is 16.5. The van der Waals surface area contributed by atoms with Crippen LogP contribution in [0, 0.1) is 13.8 Å². The summed E-state index contributed by atoms with van der Waals surface area (Å²) >= 11 is 0. The van der Waals surface area contributed by atoms with Gasteiger partial charge < -0.3 is 10.1 Å². The lowest BCUT2D eigenvalue weighted by Crippen LogP contribution is -2.27. The van der Waals surface area contributed by atoms with E-state index in [0.29, 0.717) is 12.1 Å². The number of hydrogen-bond acceptors (Lipinski definition) is 5. The molecule has 0 amide bonds. The first-order valence-electron chi connectivity index (χ1n) is 5.79. The lowest BCUT2D eigenvalue weighted by molar-refractivity contribution is 0.0246. The minimum absolute atomic E-state index is 0.291. The average molecular weight is 222 g/mol. The summed E-state index contributed by atoms with van der Waals surface area (Å²) in [6.07, 6.45) is 3.83. The smallest absolute Gasteiger partial charge is 0.243 e. The minimum atomic E-state index is 0.291. The molecule has 1 aromatic heterocycles. The Labute approximate surface area is 95.6 Å². The van der Waals surface area contributed by atoms with E-state index < -0.39 is 0 Å². The topological polar surface area (TPSA) is 59.9 Å². The first-order chi connectivity index (χ1) is 7.75. The molecule has 2 rings (SSSR count). The fourth-order valence-electron chi connectivity index (χ4n) is 1.71. The summed E-state index contributed by atoms with van der Waals surface area (Å²) in [7, 11) is 0. The van der Waals surface area contributed by atoms with Crippen LogP contribution < -0.4 is 5.32 Å². The summed E-state index contributed by atoms with van der Waals surface area (Å²) in [4.78, 5) is 4.32. The SMILES string of the molecule is Cc1nnc(NCC2CCCCO2)nc1C. The van der Waals surface area contributed by atoms with Gasteiger partial charge in [-0.2, -0.15) is 5.10 Å². The van der Waals surface area contributed by atoms with Crippen LogP contribution in [0.3, 0.4) is 0 Å². The molecule has 16 heavy (non-hydrogen) atoms. The molecule has 1 fully saturated rings. The second-order valence-electron chi connectivity index (χ2n) is 4.18. The highest BCUT2D eigenvalue weighted by Gasteiger charge is 2.13. The van der Waals surface area contributed by atoms with Crippen molar-refractivity contribution in [3.63, 3.8) is 0 Å². The van der Waals surface area contributed by atoms with Gasteiger partial charge in [0.25, 0.3) is 0 Å². The van der Waals surface area contributed by atoms with Crippen molar-refractivity contribution < 1.29 is 4.74 Å². The molecule has 1 saturated heterocycles. The summed E-state index contributed by atoms with van der Waals surface area (Å²) in [5.41, 5.74) is 1.79. The number of aryl methyl sites for hydroxylation is 2. The Morgan fingerprint density at radius 1 is 1.25 bits per heavy atom. The highest BCUT2D eigenvalue weighted by molar-refractivity contribution is 5.24. The molecule has 2 heterocycles. The molecular weight excluding hydrogens is 204 g/mol. The molecule has 0 aliphatic carbocycles. The zero-order valence-corrected chi connectivity index (χ0v) is 9.86. The summed E-state index contributed by atoms with van der Waals surface area (Å²) in [6, 6.07) is 0. The molecule has 0 bridgehead atoms. The number of nitrogens with zero attached hydrogens (tertiary/aromatic N) is 3. The predicted molar refractivity (Wildman–Crippen MR) is 61.4 cm³/mol. The maximum Gasteiger partial charge on any atom is 0.243 e. The predicted octanol–water partition coefficient (Wildman–Crippen LogP) is 1.47. The van der Waals surface area contributed by atoms with E-state index in [1.807, 2.05) is 13.8 Å². The Morgan fingerprint density at radius 2 is 2.12 bits per heavy atom. The first-order valence-corrected chi connectivity index (χ1v) is 5.79. The van der Waals surface area contributed by atoms with Gasteiger partial charge in [-0.3, -0.25) is 0 Å². The molecular formula is C11H18N4O. The first kappa shape index (κ1) is 11.3. The van der Waals surface area contributed by atoms with Crippen molar-refractivity contribution in [1.82, 2.24) is 15.2 Å². The molecule has 0 saturated carbocycles. The standard InChI is InChI=1S/C11H18N4O/c1-8-9(2)14-15-11(13-8)12-7-10-5-3-4-6-16-10/h10H,3-7H2,1-2H3,(H,12,13,15). The third-order valence-electron chi connectivity index (χ3n) is 2.85. The minimum Gasteiger partial charge on any atom is -0.376 e. The van der Waals surface area contributed by atoms with E-state index >= 15 is 0 Å². The summed E-state index contributed by atoms with van der Waals surface area (Å²) in [5.74, 6) is 0.595. The van der Waals surface area contributed by atoms with Crippen LogP contribution in [-0.2, 0) is 4.74 Å². The third kappa shape index (κ3) is 2.88. The molecule has 5 heteroatoms. The van der Waals surface area contributed by atoms with Crippen molar-refractivity contribution in [2.45, 2.75) is 39.2 Å². The second-order valence-corrected chi connectivity index (χ2v) is 4.18. The number of ether oxygens (including phenoxy) is 1. The number of anilines is 1. The average Bonchev–Trinajstić information content (AvgIpc) is 2.32. The van der Waals surface area contributed by atoms with Gasteiger partial charge in [0.1, 0.15) is 0 Å². The third-order valence-corrected chi connectivity index (χ3v) is 2.85. The Hall–Kier alpha value is -1.23. The molecule has 1 atom stereocenters. The molecule has 0 radical (unpaired) electrons. The molecule has 88 valence electrons. The van der Waals surface area contributed by atoms with E-state index in [2.05, 4.69) is 20.5 Å². The van der Waals surface area contributed by atoms with Crippen molar-refractivity contribution in [1.29, 1.82) is 0 Å². The normalized spacial score (nSPS) is 20.8. The van der Waals surface area contributed by atoms with Crippen LogP contribution in [0.15, 0.2) is 0 Å². The second kappa shape index (κ2) is 5.21. The van der Waals surface area contributed by atoms with Gasteiger partial charge in [-0.1, -0.05) is 0 Å². The maximum absolute atomic E-state index is 5.62. The van der Waals surface area contributed by atoms with Crippen LogP contribution in [0.1, 0.15) is 30.7 Å². The van der Waals surface area contributed by atoms with Crippen LogP contribution in [0.4, 0.5) is 5.95 Å². The fourth-order valence-corrected chi connectivity index (χ4v) is 1.71. The van der Waals surface area contributed by atoms with Gasteiger partial charge in [0.05, 0.1) is 17.5 Å². The zero-order valence-electron chi connectivity index (χ0n) is 9.86. The van der Waals surface area contributed by atoms with Crippen molar-refractivity contribution >= 4 is 5.95 Å². The maximum atomic E-state index is 5.62. The van der Waals surface area contributed by atoms with Gasteiger partial charge in [-0.25, -0.2) is 4.98 Å². The largest absolute Gasteiger partial charge is 0.376 e. The molecule has 1 aromatic rings. The van der Waals surface area contributed by atoms with Crippen LogP contribution in [0.25, 0.3) is 0 Å². The van der Waals surface area contributed by atoms with Crippen molar-refractivity contribution in [2.24, 2.45) is 0 Å². The lowest BCUT2D eigenvalue weighted by atomic mass is 10.1. The summed E-state index contributed by atoms with van der Waals surface area (Å²) in [5, 5.41) is 11.2. The van der Waals surface area contributed by atoms with E-state index in [0.717, 1.165) is 31.0 Å². The monoisotopic (exact) mass is 222 g/mol. The van der Waals surface area contributed by atoms with E-state index in [1.54, 1.807) is 0 Å². The number of nitrogens with one attached hydrogen (secondary N) is 1. The lowest BCUT2D eigenvalue weighted by Gasteiger charge is -2.22. The van der Waals surface area contributed by atoms with Gasteiger partial charge in [0.2, 0.25) is 5.95 Å². The van der Waals surface area contributed by atoms with Gasteiger partial charge in [-0.15, -0.1) is 5.10 Å². The summed E-state index contributed by atoms with van der Waals surface area (Å²) in [6.45, 7) is 5.48. The Morgan fingerprint density at radius 3 is 2.81 bits per heavy atom. The van der Waals surface area contributed by atoms with Gasteiger partial charge in [0.15, 0.2) is 0 Å². The van der Waals surface area contributed by atoms with E-state index in [-0.39, 0.29) is 0 Å². The van der Waals surface area contributed by atoms with Gasteiger partial charge in [0, 0.05) is 13.2 Å². The quantitative estimate of drug-likeness (QED) is 0.839. The van der Waals surface area contributed by atoms with Crippen LogP contribution in [0.2, 0.25) is 0 Å². The van der Waals surface area contributed by atoms with Crippen molar-refractivity contribution in [2.75, 3.05) is 18.5 Å². The van der Waals surface area contributed by atoms with Crippen molar-refractivity contribution in [3.05, 3.63) is 11.4 Å². The zero-order chi connectivity index (χ0) is 11.4. The Bertz CT molecular complexity index is 350. The van der Waals surface area contributed by atoms with Gasteiger partial charge >= 0.3 is 0 Å². The van der Waals surface area contributed by atoms with Crippen LogP contribution in [0.5, 0.6) is 0 Å². The molecule has 1 unspecified atom stereocenters. The molecule has 0 aromatic carbocycles. The van der Waals surface area contributed by atoms with Crippen molar-refractivity contribution in [3.8, 4) is 0 Å². The molecule has 5 nitrogen and oxygen atoms in total. The van der Waals surface area contributed by atoms with E-state index in [4.69, 9.17) is 4.74 Å². The molecule has 1 aliphatic rings. The van der Waals surface area contributed by atoms with E-state index in [1.165, 1.54) is 12.8 Å². The molecule has 1 aliphatic heterocycles. The number of hydrogen-bond donors (Lipinski definition) is 1. The van der Waals surface area contributed by atoms with Crippen LogP contribution in [-0.4, -0.2) is 34.4 Å². The van der Waals surface area contributed by atoms with E-state index in [9.17, 15) is 0 Å². The Balaban J connectivity index is 1.86. The van der Waals surface area contributed by atoms with Gasteiger partial charge in [-0.05, 0) is 33.1 Å². The summed E-state index contributed by atoms with van der Waals surface area (Å²) < 4.78 is 5.62. The fraction of sp³-hybridized carbons (Fsp3) is 0.727. The molecule has 1 N–H and O–H groups in total. The number of rotatable bonds is 3. The molecule has 0 spiro atoms. The van der Waals surface area contributed by atoms with Crippen LogP contribution >= 0.6 is 0 Å². The Kier molecular flexibility index (Phi) is 3.66.